The molecule has 0 spiro atoms. The van der Waals surface area contributed by atoms with Crippen LogP contribution in [0.1, 0.15) is 32.1 Å². The summed E-state index contributed by atoms with van der Waals surface area (Å²) < 4.78 is 30.2. The van der Waals surface area contributed by atoms with Crippen molar-refractivity contribution in [3.05, 3.63) is 0 Å². The zero-order valence-electron chi connectivity index (χ0n) is 9.81. The molecule has 1 aliphatic carbocycles. The van der Waals surface area contributed by atoms with E-state index in [1.54, 1.807) is 0 Å². The van der Waals surface area contributed by atoms with E-state index in [1.165, 1.54) is 0 Å². The second kappa shape index (κ2) is 5.02. The van der Waals surface area contributed by atoms with Crippen LogP contribution in [0.3, 0.4) is 0 Å². The number of hydrogen-bond acceptors (Lipinski definition) is 4. The summed E-state index contributed by atoms with van der Waals surface area (Å²) in [5, 5.41) is 2.67. The van der Waals surface area contributed by atoms with Crippen molar-refractivity contribution in [1.29, 1.82) is 0 Å². The van der Waals surface area contributed by atoms with Crippen LogP contribution >= 0.6 is 0 Å². The molecule has 1 heterocycles. The van der Waals surface area contributed by atoms with E-state index in [0.717, 1.165) is 32.1 Å². The van der Waals surface area contributed by atoms with E-state index < -0.39 is 9.84 Å². The molecule has 2 aliphatic rings. The first-order valence-electron chi connectivity index (χ1n) is 6.14. The Morgan fingerprint density at radius 3 is 2.50 bits per heavy atom. The van der Waals surface area contributed by atoms with Crippen molar-refractivity contribution in [2.24, 2.45) is 0 Å². The maximum Gasteiger partial charge on any atom is 0.159 e. The molecular weight excluding hydrogens is 226 g/mol. The summed E-state index contributed by atoms with van der Waals surface area (Å²) in [4.78, 5) is 0. The lowest BCUT2D eigenvalue weighted by atomic mass is 10.1. The zero-order chi connectivity index (χ0) is 11.6. The quantitative estimate of drug-likeness (QED) is 0.798. The Labute approximate surface area is 97.7 Å². The van der Waals surface area contributed by atoms with Gasteiger partial charge in [0.25, 0.3) is 0 Å². The zero-order valence-corrected chi connectivity index (χ0v) is 10.6. The van der Waals surface area contributed by atoms with Crippen LogP contribution in [0.2, 0.25) is 0 Å². The molecule has 94 valence electrons. The summed E-state index contributed by atoms with van der Waals surface area (Å²) in [6, 6.07) is 0.0688. The summed E-state index contributed by atoms with van der Waals surface area (Å²) in [6.45, 7) is 1.03. The van der Waals surface area contributed by atoms with E-state index in [0.29, 0.717) is 13.2 Å². The summed E-state index contributed by atoms with van der Waals surface area (Å²) in [7, 11) is -1.17. The lowest BCUT2D eigenvalue weighted by Gasteiger charge is -2.32. The number of nitrogens with one attached hydrogen (secondary N) is 1. The van der Waals surface area contributed by atoms with Gasteiger partial charge in [0.15, 0.2) is 9.84 Å². The molecule has 4 nitrogen and oxygen atoms in total. The number of sulfone groups is 1. The lowest BCUT2D eigenvalue weighted by molar-refractivity contribution is 0.0823. The topological polar surface area (TPSA) is 55.4 Å². The molecule has 1 saturated carbocycles. The Kier molecular flexibility index (Phi) is 3.87. The Balaban J connectivity index is 2.13. The molecule has 2 unspecified atom stereocenters. The van der Waals surface area contributed by atoms with Gasteiger partial charge in [-0.15, -0.1) is 0 Å². The Bertz CT molecular complexity index is 322. The van der Waals surface area contributed by atoms with Crippen molar-refractivity contribution in [2.75, 3.05) is 20.3 Å². The average Bonchev–Trinajstić information content (AvgIpc) is 2.83. The maximum atomic E-state index is 12.4. The third-order valence-corrected chi connectivity index (χ3v) is 6.57. The third-order valence-electron chi connectivity index (χ3n) is 3.86. The minimum atomic E-state index is -3.01. The molecule has 0 aromatic rings. The molecule has 5 heteroatoms. The maximum absolute atomic E-state index is 12.4. The highest BCUT2D eigenvalue weighted by Crippen LogP contribution is 2.30. The average molecular weight is 247 g/mol. The van der Waals surface area contributed by atoms with Crippen LogP contribution in [-0.4, -0.2) is 45.2 Å². The predicted molar refractivity (Wildman–Crippen MR) is 63.2 cm³/mol. The summed E-state index contributed by atoms with van der Waals surface area (Å²) in [6.07, 6.45) is 4.60. The fourth-order valence-electron chi connectivity index (χ4n) is 2.83. The van der Waals surface area contributed by atoms with Gasteiger partial charge in [-0.2, -0.15) is 0 Å². The summed E-state index contributed by atoms with van der Waals surface area (Å²) in [5.74, 6) is 0. The van der Waals surface area contributed by atoms with Crippen LogP contribution in [0.15, 0.2) is 0 Å². The van der Waals surface area contributed by atoms with Crippen molar-refractivity contribution in [3.63, 3.8) is 0 Å². The van der Waals surface area contributed by atoms with Crippen LogP contribution in [0.4, 0.5) is 0 Å². The second-order valence-electron chi connectivity index (χ2n) is 4.79. The van der Waals surface area contributed by atoms with Gasteiger partial charge < -0.3 is 10.1 Å². The minimum absolute atomic E-state index is 0.0688. The number of hydrogen-bond donors (Lipinski definition) is 1. The molecule has 1 saturated heterocycles. The van der Waals surface area contributed by atoms with E-state index >= 15 is 0 Å². The van der Waals surface area contributed by atoms with Crippen molar-refractivity contribution in [2.45, 2.75) is 48.6 Å². The first-order chi connectivity index (χ1) is 7.66. The van der Waals surface area contributed by atoms with Gasteiger partial charge >= 0.3 is 0 Å². The van der Waals surface area contributed by atoms with Gasteiger partial charge in [0.05, 0.1) is 11.9 Å². The standard InChI is InChI=1S/C11H21NO3S/c1-12-10-6-7-15-8-11(10)16(13,14)9-4-2-3-5-9/h9-12H,2-8H2,1H3. The Hall–Kier alpha value is -0.130. The lowest BCUT2D eigenvalue weighted by Crippen LogP contribution is -2.51. The molecule has 0 aromatic carbocycles. The molecule has 16 heavy (non-hydrogen) atoms. The molecule has 2 fully saturated rings. The molecule has 1 aliphatic heterocycles. The minimum Gasteiger partial charge on any atom is -0.380 e. The third kappa shape index (κ3) is 2.26. The monoisotopic (exact) mass is 247 g/mol. The SMILES string of the molecule is CNC1CCOCC1S(=O)(=O)C1CCCC1. The van der Waals surface area contributed by atoms with Gasteiger partial charge in [0.2, 0.25) is 0 Å². The normalized spacial score (nSPS) is 33.1. The predicted octanol–water partition coefficient (Wildman–Crippen LogP) is 0.721. The van der Waals surface area contributed by atoms with E-state index in [9.17, 15) is 8.42 Å². The van der Waals surface area contributed by atoms with E-state index in [2.05, 4.69) is 5.32 Å². The van der Waals surface area contributed by atoms with Crippen LogP contribution in [0.25, 0.3) is 0 Å². The molecular formula is C11H21NO3S. The van der Waals surface area contributed by atoms with Crippen LogP contribution in [0.5, 0.6) is 0 Å². The highest BCUT2D eigenvalue weighted by atomic mass is 32.2. The fraction of sp³-hybridized carbons (Fsp3) is 1.00. The smallest absolute Gasteiger partial charge is 0.159 e. The van der Waals surface area contributed by atoms with Gasteiger partial charge in [-0.25, -0.2) is 8.42 Å². The summed E-state index contributed by atoms with van der Waals surface area (Å²) >= 11 is 0. The molecule has 0 radical (unpaired) electrons. The number of ether oxygens (including phenoxy) is 1. The molecule has 0 aromatic heterocycles. The largest absolute Gasteiger partial charge is 0.380 e. The van der Waals surface area contributed by atoms with Crippen LogP contribution < -0.4 is 5.32 Å². The fourth-order valence-corrected chi connectivity index (χ4v) is 5.33. The van der Waals surface area contributed by atoms with Crippen molar-refractivity contribution in [3.8, 4) is 0 Å². The Morgan fingerprint density at radius 1 is 1.19 bits per heavy atom. The van der Waals surface area contributed by atoms with Gasteiger partial charge in [0, 0.05) is 12.6 Å². The molecule has 2 atom stereocenters. The van der Waals surface area contributed by atoms with E-state index in [1.807, 2.05) is 7.05 Å². The van der Waals surface area contributed by atoms with E-state index in [4.69, 9.17) is 4.74 Å². The van der Waals surface area contributed by atoms with Gasteiger partial charge in [-0.3, -0.25) is 0 Å². The van der Waals surface area contributed by atoms with Crippen molar-refractivity contribution >= 4 is 9.84 Å². The van der Waals surface area contributed by atoms with Gasteiger partial charge in [-0.05, 0) is 26.3 Å². The summed E-state index contributed by atoms with van der Waals surface area (Å²) in [5.41, 5.74) is 0. The Morgan fingerprint density at radius 2 is 1.88 bits per heavy atom. The highest BCUT2D eigenvalue weighted by molar-refractivity contribution is 7.92. The molecule has 2 rings (SSSR count). The van der Waals surface area contributed by atoms with Crippen molar-refractivity contribution < 1.29 is 13.2 Å². The molecule has 0 amide bonds. The van der Waals surface area contributed by atoms with Crippen LogP contribution in [-0.2, 0) is 14.6 Å². The molecule has 0 bridgehead atoms. The van der Waals surface area contributed by atoms with Crippen molar-refractivity contribution in [1.82, 2.24) is 5.32 Å². The first kappa shape index (κ1) is 12.3. The molecule has 1 N–H and O–H groups in total. The van der Waals surface area contributed by atoms with Crippen LogP contribution in [0, 0.1) is 0 Å². The highest BCUT2D eigenvalue weighted by Gasteiger charge is 2.41. The second-order valence-corrected chi connectivity index (χ2v) is 7.24. The number of rotatable bonds is 3. The van der Waals surface area contributed by atoms with Gasteiger partial charge in [-0.1, -0.05) is 12.8 Å². The van der Waals surface area contributed by atoms with E-state index in [-0.39, 0.29) is 16.5 Å². The first-order valence-corrected chi connectivity index (χ1v) is 7.75. The van der Waals surface area contributed by atoms with Gasteiger partial charge in [0.1, 0.15) is 5.25 Å².